The van der Waals surface area contributed by atoms with E-state index in [1.807, 2.05) is 0 Å². The zero-order valence-corrected chi connectivity index (χ0v) is 14.1. The molecule has 0 aromatic rings. The second-order valence-electron chi connectivity index (χ2n) is 7.26. The molecule has 0 unspecified atom stereocenters. The van der Waals surface area contributed by atoms with E-state index in [0.29, 0.717) is 12.0 Å². The van der Waals surface area contributed by atoms with Crippen LogP contribution in [0.5, 0.6) is 0 Å². The molecule has 1 nitrogen and oxygen atoms in total. The van der Waals surface area contributed by atoms with Crippen molar-refractivity contribution in [1.29, 1.82) is 0 Å². The molecule has 120 valence electrons. The highest BCUT2D eigenvalue weighted by Gasteiger charge is 2.33. The summed E-state index contributed by atoms with van der Waals surface area (Å²) in [6.45, 7) is 5.00. The maximum atomic E-state index is 9.84. The molecule has 0 heterocycles. The highest BCUT2D eigenvalue weighted by molar-refractivity contribution is 4.85. The van der Waals surface area contributed by atoms with Crippen LogP contribution in [-0.2, 0) is 0 Å². The second kappa shape index (κ2) is 10.7. The fourth-order valence-corrected chi connectivity index (χ4v) is 3.84. The van der Waals surface area contributed by atoms with E-state index in [0.717, 1.165) is 5.92 Å². The van der Waals surface area contributed by atoms with Gasteiger partial charge in [0, 0.05) is 6.61 Å². The van der Waals surface area contributed by atoms with E-state index in [-0.39, 0.29) is 0 Å². The lowest BCUT2D eigenvalue weighted by atomic mass is 9.67. The fraction of sp³-hybridized carbons (Fsp3) is 1.00. The summed E-state index contributed by atoms with van der Waals surface area (Å²) in [5, 5.41) is 9.84. The Balaban J connectivity index is 2.17. The molecule has 1 fully saturated rings. The van der Waals surface area contributed by atoms with Gasteiger partial charge in [-0.05, 0) is 43.4 Å². The topological polar surface area (TPSA) is 20.2 Å². The Labute approximate surface area is 127 Å². The lowest BCUT2D eigenvalue weighted by Gasteiger charge is -2.39. The van der Waals surface area contributed by atoms with Gasteiger partial charge in [0.05, 0.1) is 0 Å². The van der Waals surface area contributed by atoms with Crippen LogP contribution in [0.3, 0.4) is 0 Å². The molecule has 0 saturated heterocycles. The average molecular weight is 283 g/mol. The molecule has 0 bridgehead atoms. The minimum Gasteiger partial charge on any atom is -0.396 e. The molecule has 0 aromatic heterocycles. The van der Waals surface area contributed by atoms with Crippen molar-refractivity contribution in [3.05, 3.63) is 0 Å². The highest BCUT2D eigenvalue weighted by atomic mass is 16.3. The summed E-state index contributed by atoms with van der Waals surface area (Å²) >= 11 is 0. The monoisotopic (exact) mass is 282 g/mol. The summed E-state index contributed by atoms with van der Waals surface area (Å²) in [6, 6.07) is 0. The minimum absolute atomic E-state index is 0.299. The lowest BCUT2D eigenvalue weighted by molar-refractivity contribution is 0.0515. The molecule has 1 rings (SSSR count). The van der Waals surface area contributed by atoms with Crippen LogP contribution in [0.2, 0.25) is 0 Å². The van der Waals surface area contributed by atoms with Gasteiger partial charge in [0.25, 0.3) is 0 Å². The van der Waals surface area contributed by atoms with Crippen molar-refractivity contribution in [1.82, 2.24) is 0 Å². The van der Waals surface area contributed by atoms with Gasteiger partial charge in [-0.3, -0.25) is 0 Å². The van der Waals surface area contributed by atoms with E-state index in [1.165, 1.54) is 89.9 Å². The Morgan fingerprint density at radius 1 is 0.850 bits per heavy atom. The van der Waals surface area contributed by atoms with Crippen molar-refractivity contribution in [2.24, 2.45) is 11.3 Å². The molecule has 0 aliphatic heterocycles. The van der Waals surface area contributed by atoms with Crippen LogP contribution in [0.4, 0.5) is 0 Å². The molecule has 1 aliphatic rings. The Bertz CT molecular complexity index is 216. The van der Waals surface area contributed by atoms with E-state index >= 15 is 0 Å². The van der Waals surface area contributed by atoms with Crippen molar-refractivity contribution < 1.29 is 5.11 Å². The van der Waals surface area contributed by atoms with Crippen LogP contribution < -0.4 is 0 Å². The summed E-state index contributed by atoms with van der Waals surface area (Å²) in [7, 11) is 0. The molecule has 0 spiro atoms. The van der Waals surface area contributed by atoms with Crippen molar-refractivity contribution in [2.45, 2.75) is 104 Å². The number of rotatable bonds is 11. The molecule has 0 aromatic carbocycles. The summed E-state index contributed by atoms with van der Waals surface area (Å²) in [5.41, 5.74) is 0.299. The van der Waals surface area contributed by atoms with E-state index in [9.17, 15) is 5.11 Å². The van der Waals surface area contributed by atoms with Crippen LogP contribution in [-0.4, -0.2) is 11.7 Å². The van der Waals surface area contributed by atoms with Crippen LogP contribution >= 0.6 is 0 Å². The van der Waals surface area contributed by atoms with Gasteiger partial charge in [0.2, 0.25) is 0 Å². The molecule has 0 atom stereocenters. The molecule has 0 radical (unpaired) electrons. The molecule has 1 saturated carbocycles. The first-order valence-corrected chi connectivity index (χ1v) is 9.37. The van der Waals surface area contributed by atoms with Crippen LogP contribution in [0.25, 0.3) is 0 Å². The summed E-state index contributed by atoms with van der Waals surface area (Å²) in [4.78, 5) is 0. The minimum atomic E-state index is 0.299. The van der Waals surface area contributed by atoms with Crippen LogP contribution in [0.1, 0.15) is 104 Å². The smallest absolute Gasteiger partial charge is 0.0487 e. The Hall–Kier alpha value is -0.0400. The highest BCUT2D eigenvalue weighted by Crippen LogP contribution is 2.43. The first-order valence-electron chi connectivity index (χ1n) is 9.37. The average Bonchev–Trinajstić information content (AvgIpc) is 2.50. The van der Waals surface area contributed by atoms with Gasteiger partial charge in [-0.1, -0.05) is 71.6 Å². The standard InChI is InChI=1S/C19H38O/c1-3-5-7-8-9-10-14-19(17-20)15-12-18(13-16-19)11-6-4-2/h18,20H,3-17H2,1-2H3. The van der Waals surface area contributed by atoms with Gasteiger partial charge in [-0.25, -0.2) is 0 Å². The van der Waals surface area contributed by atoms with Crippen LogP contribution in [0.15, 0.2) is 0 Å². The first kappa shape index (κ1) is 18.0. The van der Waals surface area contributed by atoms with Crippen molar-refractivity contribution in [3.63, 3.8) is 0 Å². The third-order valence-corrected chi connectivity index (χ3v) is 5.53. The largest absolute Gasteiger partial charge is 0.396 e. The first-order chi connectivity index (χ1) is 9.76. The summed E-state index contributed by atoms with van der Waals surface area (Å²) in [5.74, 6) is 0.958. The SMILES string of the molecule is CCCCCCCCC1(CO)CCC(CCCC)CC1. The maximum absolute atomic E-state index is 9.84. The number of aliphatic hydroxyl groups excluding tert-OH is 1. The van der Waals surface area contributed by atoms with E-state index in [2.05, 4.69) is 13.8 Å². The molecule has 0 amide bonds. The third-order valence-electron chi connectivity index (χ3n) is 5.53. The molecule has 20 heavy (non-hydrogen) atoms. The molecule has 1 heteroatoms. The second-order valence-corrected chi connectivity index (χ2v) is 7.26. The normalized spacial score (nSPS) is 26.9. The number of unbranched alkanes of at least 4 members (excludes halogenated alkanes) is 6. The molecule has 1 N–H and O–H groups in total. The van der Waals surface area contributed by atoms with Crippen molar-refractivity contribution in [2.75, 3.05) is 6.61 Å². The Kier molecular flexibility index (Phi) is 9.59. The Morgan fingerprint density at radius 2 is 1.45 bits per heavy atom. The van der Waals surface area contributed by atoms with Gasteiger partial charge in [-0.15, -0.1) is 0 Å². The van der Waals surface area contributed by atoms with Gasteiger partial charge in [0.15, 0.2) is 0 Å². The Morgan fingerprint density at radius 3 is 2.05 bits per heavy atom. The number of hydrogen-bond donors (Lipinski definition) is 1. The zero-order valence-electron chi connectivity index (χ0n) is 14.1. The van der Waals surface area contributed by atoms with E-state index in [4.69, 9.17) is 0 Å². The molecular weight excluding hydrogens is 244 g/mol. The lowest BCUT2D eigenvalue weighted by Crippen LogP contribution is -2.31. The van der Waals surface area contributed by atoms with Gasteiger partial charge < -0.3 is 5.11 Å². The summed E-state index contributed by atoms with van der Waals surface area (Å²) in [6.07, 6.45) is 19.0. The quantitative estimate of drug-likeness (QED) is 0.454. The molecular formula is C19H38O. The van der Waals surface area contributed by atoms with E-state index < -0.39 is 0 Å². The number of hydrogen-bond acceptors (Lipinski definition) is 1. The van der Waals surface area contributed by atoms with E-state index in [1.54, 1.807) is 0 Å². The zero-order chi connectivity index (χ0) is 14.7. The van der Waals surface area contributed by atoms with Crippen molar-refractivity contribution in [3.8, 4) is 0 Å². The number of aliphatic hydroxyl groups is 1. The predicted molar refractivity (Wildman–Crippen MR) is 89.0 cm³/mol. The fourth-order valence-electron chi connectivity index (χ4n) is 3.84. The van der Waals surface area contributed by atoms with Gasteiger partial charge >= 0.3 is 0 Å². The van der Waals surface area contributed by atoms with Crippen molar-refractivity contribution >= 4 is 0 Å². The summed E-state index contributed by atoms with van der Waals surface area (Å²) < 4.78 is 0. The maximum Gasteiger partial charge on any atom is 0.0487 e. The van der Waals surface area contributed by atoms with Crippen LogP contribution in [0, 0.1) is 11.3 Å². The van der Waals surface area contributed by atoms with Gasteiger partial charge in [0.1, 0.15) is 0 Å². The molecule has 1 aliphatic carbocycles. The third kappa shape index (κ3) is 6.61. The predicted octanol–water partition coefficient (Wildman–Crippen LogP) is 6.10. The van der Waals surface area contributed by atoms with Gasteiger partial charge in [-0.2, -0.15) is 0 Å².